The van der Waals surface area contributed by atoms with Crippen molar-refractivity contribution in [1.82, 2.24) is 0 Å². The molecule has 0 fully saturated rings. The van der Waals surface area contributed by atoms with Gasteiger partial charge in [-0.15, -0.1) is 6.58 Å². The van der Waals surface area contributed by atoms with Gasteiger partial charge in [0, 0.05) is 17.3 Å². The van der Waals surface area contributed by atoms with Crippen LogP contribution in [0.1, 0.15) is 22.8 Å². The van der Waals surface area contributed by atoms with Gasteiger partial charge in [0.2, 0.25) is 0 Å². The van der Waals surface area contributed by atoms with Gasteiger partial charge in [-0.1, -0.05) is 42.5 Å². The lowest BCUT2D eigenvalue weighted by Gasteiger charge is -2.25. The molecule has 158 valence electrons. The van der Waals surface area contributed by atoms with E-state index in [2.05, 4.69) is 6.58 Å². The molecule has 0 aliphatic carbocycles. The van der Waals surface area contributed by atoms with Crippen molar-refractivity contribution in [3.63, 3.8) is 0 Å². The van der Waals surface area contributed by atoms with Crippen molar-refractivity contribution in [2.45, 2.75) is 24.3 Å². The zero-order valence-electron chi connectivity index (χ0n) is 17.3. The molecule has 3 aromatic rings. The van der Waals surface area contributed by atoms with Crippen molar-refractivity contribution in [3.8, 4) is 0 Å². The summed E-state index contributed by atoms with van der Waals surface area (Å²) in [5.74, 6) is -0.0924. The number of nitrogens with zero attached hydrogens (tertiary/aromatic N) is 2. The van der Waals surface area contributed by atoms with E-state index in [1.54, 1.807) is 60.7 Å². The smallest absolute Gasteiger partial charge is 0.264 e. The van der Waals surface area contributed by atoms with Crippen molar-refractivity contribution < 1.29 is 13.2 Å². The molecule has 1 heterocycles. The first kappa shape index (κ1) is 20.9. The first-order chi connectivity index (χ1) is 14.9. The molecule has 0 aromatic heterocycles. The van der Waals surface area contributed by atoms with Crippen LogP contribution in [0.15, 0.2) is 96.4 Å². The van der Waals surface area contributed by atoms with Crippen LogP contribution in [0, 0.1) is 0 Å². The van der Waals surface area contributed by atoms with Gasteiger partial charge in [-0.3, -0.25) is 9.10 Å². The van der Waals surface area contributed by atoms with Crippen LogP contribution in [-0.4, -0.2) is 26.9 Å². The van der Waals surface area contributed by atoms with Crippen molar-refractivity contribution in [3.05, 3.63) is 103 Å². The lowest BCUT2D eigenvalue weighted by molar-refractivity contribution is 0.0981. The molecule has 0 saturated heterocycles. The van der Waals surface area contributed by atoms with Crippen molar-refractivity contribution in [1.29, 1.82) is 0 Å². The van der Waals surface area contributed by atoms with Crippen LogP contribution in [0.2, 0.25) is 0 Å². The summed E-state index contributed by atoms with van der Waals surface area (Å²) in [5, 5.41) is 0. The molecular formula is C25H24N2O3S. The minimum atomic E-state index is -3.75. The van der Waals surface area contributed by atoms with Gasteiger partial charge in [0.05, 0.1) is 17.1 Å². The summed E-state index contributed by atoms with van der Waals surface area (Å²) in [6.07, 6.45) is 2.37. The maximum absolute atomic E-state index is 13.2. The van der Waals surface area contributed by atoms with Crippen LogP contribution in [-0.2, 0) is 16.4 Å². The number of fused-ring (bicyclic) bond motifs is 1. The quantitative estimate of drug-likeness (QED) is 0.533. The third-order valence-electron chi connectivity index (χ3n) is 5.45. The number of hydrogen-bond acceptors (Lipinski definition) is 3. The fourth-order valence-corrected chi connectivity index (χ4v) is 5.42. The second kappa shape index (κ2) is 8.40. The third-order valence-corrected chi connectivity index (χ3v) is 7.26. The van der Waals surface area contributed by atoms with Crippen molar-refractivity contribution >= 4 is 27.3 Å². The number of anilines is 2. The highest BCUT2D eigenvalue weighted by Crippen LogP contribution is 2.33. The van der Waals surface area contributed by atoms with E-state index in [1.165, 1.54) is 4.31 Å². The van der Waals surface area contributed by atoms with Gasteiger partial charge >= 0.3 is 0 Å². The summed E-state index contributed by atoms with van der Waals surface area (Å²) in [4.78, 5) is 15.2. The molecular weight excluding hydrogens is 408 g/mol. The Morgan fingerprint density at radius 3 is 2.35 bits per heavy atom. The minimum absolute atomic E-state index is 0.0697. The van der Waals surface area contributed by atoms with Gasteiger partial charge in [0.25, 0.3) is 15.9 Å². The Bertz CT molecular complexity index is 1210. The monoisotopic (exact) mass is 432 g/mol. The molecule has 1 aliphatic heterocycles. The number of carbonyl (C=O) groups is 1. The summed E-state index contributed by atoms with van der Waals surface area (Å²) in [5.41, 5.74) is 3.09. The molecule has 1 amide bonds. The molecule has 0 bridgehead atoms. The molecule has 1 atom stereocenters. The first-order valence-corrected chi connectivity index (χ1v) is 11.6. The van der Waals surface area contributed by atoms with Gasteiger partial charge in [-0.25, -0.2) is 8.42 Å². The van der Waals surface area contributed by atoms with E-state index in [4.69, 9.17) is 0 Å². The van der Waals surface area contributed by atoms with Gasteiger partial charge in [-0.05, 0) is 61.4 Å². The number of hydrogen-bond donors (Lipinski definition) is 0. The molecule has 0 radical (unpaired) electrons. The van der Waals surface area contributed by atoms with E-state index in [9.17, 15) is 13.2 Å². The predicted octanol–water partition coefficient (Wildman–Crippen LogP) is 4.66. The maximum atomic E-state index is 13.2. The van der Waals surface area contributed by atoms with Gasteiger partial charge < -0.3 is 4.90 Å². The van der Waals surface area contributed by atoms with Crippen molar-refractivity contribution in [2.75, 3.05) is 15.7 Å². The Balaban J connectivity index is 1.64. The Morgan fingerprint density at radius 2 is 1.68 bits per heavy atom. The molecule has 1 aliphatic rings. The summed E-state index contributed by atoms with van der Waals surface area (Å²) < 4.78 is 27.6. The predicted molar refractivity (Wildman–Crippen MR) is 124 cm³/mol. The zero-order chi connectivity index (χ0) is 22.0. The first-order valence-electron chi connectivity index (χ1n) is 10.1. The summed E-state index contributed by atoms with van der Waals surface area (Å²) in [6, 6.07) is 23.0. The summed E-state index contributed by atoms with van der Waals surface area (Å²) in [7, 11) is -3.75. The van der Waals surface area contributed by atoms with Crippen LogP contribution >= 0.6 is 0 Å². The average Bonchev–Trinajstić information content (AvgIpc) is 3.13. The van der Waals surface area contributed by atoms with Crippen LogP contribution in [0.5, 0.6) is 0 Å². The van der Waals surface area contributed by atoms with Crippen LogP contribution in [0.4, 0.5) is 11.4 Å². The molecule has 0 saturated carbocycles. The van der Waals surface area contributed by atoms with Gasteiger partial charge in [0.1, 0.15) is 0 Å². The molecule has 0 N–H and O–H groups in total. The average molecular weight is 433 g/mol. The van der Waals surface area contributed by atoms with E-state index in [0.29, 0.717) is 11.3 Å². The molecule has 0 spiro atoms. The van der Waals surface area contributed by atoms with E-state index in [0.717, 1.165) is 17.7 Å². The Hall–Kier alpha value is -3.38. The Morgan fingerprint density at radius 1 is 1.03 bits per heavy atom. The zero-order valence-corrected chi connectivity index (χ0v) is 18.1. The van der Waals surface area contributed by atoms with Crippen LogP contribution in [0.25, 0.3) is 0 Å². The van der Waals surface area contributed by atoms with E-state index < -0.39 is 10.0 Å². The number of carbonyl (C=O) groups excluding carboxylic acids is 1. The number of amides is 1. The van der Waals surface area contributed by atoms with E-state index in [-0.39, 0.29) is 23.4 Å². The summed E-state index contributed by atoms with van der Waals surface area (Å²) >= 11 is 0. The Kier molecular flexibility index (Phi) is 5.65. The highest BCUT2D eigenvalue weighted by molar-refractivity contribution is 7.92. The second-order valence-corrected chi connectivity index (χ2v) is 9.40. The third kappa shape index (κ3) is 3.86. The SMILES string of the molecule is C=CCN(c1ccc(C(=O)N2c3ccccc3CC2C)cc1)S(=O)(=O)c1ccccc1. The number of benzene rings is 3. The van der Waals surface area contributed by atoms with Crippen molar-refractivity contribution in [2.24, 2.45) is 0 Å². The van der Waals surface area contributed by atoms with E-state index >= 15 is 0 Å². The minimum Gasteiger partial charge on any atom is -0.305 e. The Labute approximate surface area is 183 Å². The molecule has 5 nitrogen and oxygen atoms in total. The standard InChI is InChI=1S/C25H24N2O3S/c1-3-17-26(31(29,30)23-10-5-4-6-11-23)22-15-13-20(14-16-22)25(28)27-19(2)18-21-9-7-8-12-24(21)27/h3-16,19H,1,17-18H2,2H3. The largest absolute Gasteiger partial charge is 0.305 e. The molecule has 31 heavy (non-hydrogen) atoms. The fourth-order valence-electron chi connectivity index (χ4n) is 3.96. The highest BCUT2D eigenvalue weighted by atomic mass is 32.2. The van der Waals surface area contributed by atoms with Gasteiger partial charge in [-0.2, -0.15) is 0 Å². The normalized spacial score (nSPS) is 15.4. The number of rotatable bonds is 6. The second-order valence-electron chi connectivity index (χ2n) is 7.54. The maximum Gasteiger partial charge on any atom is 0.264 e. The molecule has 6 heteroatoms. The summed E-state index contributed by atoms with van der Waals surface area (Å²) in [6.45, 7) is 5.85. The van der Waals surface area contributed by atoms with Crippen LogP contribution in [0.3, 0.4) is 0 Å². The van der Waals surface area contributed by atoms with E-state index in [1.807, 2.05) is 36.1 Å². The van der Waals surface area contributed by atoms with Gasteiger partial charge in [0.15, 0.2) is 0 Å². The fraction of sp³-hybridized carbons (Fsp3) is 0.160. The number of sulfonamides is 1. The molecule has 4 rings (SSSR count). The molecule has 1 unspecified atom stereocenters. The highest BCUT2D eigenvalue weighted by Gasteiger charge is 2.31. The van der Waals surface area contributed by atoms with Crippen LogP contribution < -0.4 is 9.21 Å². The number of para-hydroxylation sites is 1. The lowest BCUT2D eigenvalue weighted by atomic mass is 10.1. The topological polar surface area (TPSA) is 57.7 Å². The lowest BCUT2D eigenvalue weighted by Crippen LogP contribution is -2.35. The molecule has 3 aromatic carbocycles.